The standard InChI is InChI=1S/C18H22FNO/c1-13-4-9-17(14(2)12-13)20(3)11-10-18(21)15-5-7-16(19)8-6-15/h4-9,12,18,21H,10-11H2,1-3H3. The van der Waals surface area contributed by atoms with Crippen molar-refractivity contribution in [3.63, 3.8) is 0 Å². The van der Waals surface area contributed by atoms with Crippen LogP contribution in [0.25, 0.3) is 0 Å². The third kappa shape index (κ3) is 4.05. The van der Waals surface area contributed by atoms with Gasteiger partial charge in [0.05, 0.1) is 6.10 Å². The number of halogens is 1. The maximum absolute atomic E-state index is 12.9. The van der Waals surface area contributed by atoms with E-state index in [1.807, 2.05) is 7.05 Å². The van der Waals surface area contributed by atoms with Gasteiger partial charge in [0.15, 0.2) is 0 Å². The van der Waals surface area contributed by atoms with Crippen LogP contribution in [0.15, 0.2) is 42.5 Å². The van der Waals surface area contributed by atoms with Gasteiger partial charge in [0.2, 0.25) is 0 Å². The maximum Gasteiger partial charge on any atom is 0.123 e. The molecule has 1 atom stereocenters. The minimum atomic E-state index is -0.571. The Hall–Kier alpha value is -1.87. The summed E-state index contributed by atoms with van der Waals surface area (Å²) in [5, 5.41) is 10.2. The lowest BCUT2D eigenvalue weighted by Crippen LogP contribution is -2.21. The van der Waals surface area contributed by atoms with E-state index >= 15 is 0 Å². The third-order valence-corrected chi connectivity index (χ3v) is 3.76. The fourth-order valence-corrected chi connectivity index (χ4v) is 2.52. The fraction of sp³-hybridized carbons (Fsp3) is 0.333. The minimum Gasteiger partial charge on any atom is -0.388 e. The van der Waals surface area contributed by atoms with Gasteiger partial charge in [-0.15, -0.1) is 0 Å². The number of hydrogen-bond donors (Lipinski definition) is 1. The Bertz CT molecular complexity index is 595. The quantitative estimate of drug-likeness (QED) is 0.898. The molecule has 2 aromatic carbocycles. The van der Waals surface area contributed by atoms with E-state index in [2.05, 4.69) is 36.9 Å². The summed E-state index contributed by atoms with van der Waals surface area (Å²) in [4.78, 5) is 2.14. The first kappa shape index (κ1) is 15.5. The molecule has 0 bridgehead atoms. The predicted octanol–water partition coefficient (Wildman–Crippen LogP) is 4.00. The molecule has 0 aliphatic carbocycles. The Labute approximate surface area is 125 Å². The van der Waals surface area contributed by atoms with Crippen molar-refractivity contribution in [2.24, 2.45) is 0 Å². The third-order valence-electron chi connectivity index (χ3n) is 3.76. The zero-order valence-corrected chi connectivity index (χ0v) is 12.8. The number of nitrogens with zero attached hydrogens (tertiary/aromatic N) is 1. The van der Waals surface area contributed by atoms with Crippen LogP contribution in [0.3, 0.4) is 0 Å². The predicted molar refractivity (Wildman–Crippen MR) is 85.2 cm³/mol. The van der Waals surface area contributed by atoms with Crippen LogP contribution in [0, 0.1) is 19.7 Å². The van der Waals surface area contributed by atoms with Gasteiger partial charge in [0, 0.05) is 19.3 Å². The van der Waals surface area contributed by atoms with Gasteiger partial charge in [-0.3, -0.25) is 0 Å². The lowest BCUT2D eigenvalue weighted by Gasteiger charge is -2.23. The van der Waals surface area contributed by atoms with Crippen LogP contribution in [0.5, 0.6) is 0 Å². The number of aliphatic hydroxyl groups excluding tert-OH is 1. The van der Waals surface area contributed by atoms with Crippen LogP contribution in [0.1, 0.15) is 29.2 Å². The lowest BCUT2D eigenvalue weighted by atomic mass is 10.1. The molecule has 0 amide bonds. The minimum absolute atomic E-state index is 0.279. The molecule has 0 saturated heterocycles. The van der Waals surface area contributed by atoms with Gasteiger partial charge >= 0.3 is 0 Å². The highest BCUT2D eigenvalue weighted by Gasteiger charge is 2.10. The number of hydrogen-bond acceptors (Lipinski definition) is 2. The van der Waals surface area contributed by atoms with Crippen LogP contribution in [0.2, 0.25) is 0 Å². The van der Waals surface area contributed by atoms with E-state index in [-0.39, 0.29) is 5.82 Å². The van der Waals surface area contributed by atoms with Crippen LogP contribution < -0.4 is 4.90 Å². The first-order valence-electron chi connectivity index (χ1n) is 7.19. The second-order valence-corrected chi connectivity index (χ2v) is 5.57. The summed E-state index contributed by atoms with van der Waals surface area (Å²) < 4.78 is 12.9. The number of anilines is 1. The Morgan fingerprint density at radius 2 is 1.76 bits per heavy atom. The molecule has 0 fully saturated rings. The van der Waals surface area contributed by atoms with E-state index in [0.29, 0.717) is 6.42 Å². The van der Waals surface area contributed by atoms with Crippen molar-refractivity contribution in [2.45, 2.75) is 26.4 Å². The molecule has 0 aliphatic heterocycles. The molecule has 2 nitrogen and oxygen atoms in total. The average molecular weight is 287 g/mol. The molecule has 2 aromatic rings. The normalized spacial score (nSPS) is 12.2. The molecule has 0 saturated carbocycles. The lowest BCUT2D eigenvalue weighted by molar-refractivity contribution is 0.169. The van der Waals surface area contributed by atoms with Crippen molar-refractivity contribution in [3.05, 3.63) is 65.0 Å². The monoisotopic (exact) mass is 287 g/mol. The Balaban J connectivity index is 1.97. The van der Waals surface area contributed by atoms with Crippen molar-refractivity contribution in [1.82, 2.24) is 0 Å². The topological polar surface area (TPSA) is 23.5 Å². The van der Waals surface area contributed by atoms with Gasteiger partial charge in [-0.1, -0.05) is 29.8 Å². The molecule has 1 unspecified atom stereocenters. The van der Waals surface area contributed by atoms with Crippen LogP contribution in [0.4, 0.5) is 10.1 Å². The number of aryl methyl sites for hydroxylation is 2. The first-order valence-corrected chi connectivity index (χ1v) is 7.19. The smallest absolute Gasteiger partial charge is 0.123 e. The molecule has 3 heteroatoms. The highest BCUT2D eigenvalue weighted by atomic mass is 19.1. The van der Waals surface area contributed by atoms with Gasteiger partial charge in [-0.05, 0) is 49.6 Å². The first-order chi connectivity index (χ1) is 9.97. The van der Waals surface area contributed by atoms with Gasteiger partial charge in [0.1, 0.15) is 5.82 Å². The Morgan fingerprint density at radius 3 is 2.38 bits per heavy atom. The van der Waals surface area contributed by atoms with Crippen LogP contribution >= 0.6 is 0 Å². The second kappa shape index (κ2) is 6.72. The molecule has 0 aliphatic rings. The average Bonchev–Trinajstić information content (AvgIpc) is 2.45. The van der Waals surface area contributed by atoms with Gasteiger partial charge in [0.25, 0.3) is 0 Å². The maximum atomic E-state index is 12.9. The van der Waals surface area contributed by atoms with Crippen molar-refractivity contribution in [2.75, 3.05) is 18.5 Å². The number of aliphatic hydroxyl groups is 1. The fourth-order valence-electron chi connectivity index (χ4n) is 2.52. The SMILES string of the molecule is Cc1ccc(N(C)CCC(O)c2ccc(F)cc2)c(C)c1. The van der Waals surface area contributed by atoms with Crippen molar-refractivity contribution < 1.29 is 9.50 Å². The van der Waals surface area contributed by atoms with Gasteiger partial charge < -0.3 is 10.0 Å². The van der Waals surface area contributed by atoms with Gasteiger partial charge in [-0.2, -0.15) is 0 Å². The van der Waals surface area contributed by atoms with E-state index in [4.69, 9.17) is 0 Å². The zero-order valence-electron chi connectivity index (χ0n) is 12.8. The molecular formula is C18H22FNO. The van der Waals surface area contributed by atoms with E-state index in [1.54, 1.807) is 12.1 Å². The molecule has 0 aromatic heterocycles. The molecule has 0 spiro atoms. The van der Waals surface area contributed by atoms with Crippen LogP contribution in [-0.4, -0.2) is 18.7 Å². The van der Waals surface area contributed by atoms with E-state index in [1.165, 1.54) is 28.9 Å². The zero-order chi connectivity index (χ0) is 15.4. The number of benzene rings is 2. The Morgan fingerprint density at radius 1 is 1.10 bits per heavy atom. The largest absolute Gasteiger partial charge is 0.388 e. The molecule has 112 valence electrons. The number of rotatable bonds is 5. The molecule has 2 rings (SSSR count). The van der Waals surface area contributed by atoms with E-state index in [9.17, 15) is 9.50 Å². The van der Waals surface area contributed by atoms with Crippen LogP contribution in [-0.2, 0) is 0 Å². The molecule has 21 heavy (non-hydrogen) atoms. The van der Waals surface area contributed by atoms with Crippen molar-refractivity contribution in [3.8, 4) is 0 Å². The second-order valence-electron chi connectivity index (χ2n) is 5.57. The summed E-state index contributed by atoms with van der Waals surface area (Å²) in [6.45, 7) is 4.91. The highest BCUT2D eigenvalue weighted by Crippen LogP contribution is 2.22. The summed E-state index contributed by atoms with van der Waals surface area (Å²) in [5.74, 6) is -0.279. The molecule has 0 heterocycles. The van der Waals surface area contributed by atoms with Crippen molar-refractivity contribution in [1.29, 1.82) is 0 Å². The summed E-state index contributed by atoms with van der Waals surface area (Å²) in [7, 11) is 2.02. The van der Waals surface area contributed by atoms with E-state index in [0.717, 1.165) is 12.1 Å². The Kier molecular flexibility index (Phi) is 4.97. The van der Waals surface area contributed by atoms with E-state index < -0.39 is 6.10 Å². The summed E-state index contributed by atoms with van der Waals surface area (Å²) in [5.41, 5.74) is 4.40. The molecular weight excluding hydrogens is 265 g/mol. The van der Waals surface area contributed by atoms with Gasteiger partial charge in [-0.25, -0.2) is 4.39 Å². The van der Waals surface area contributed by atoms with Crippen molar-refractivity contribution >= 4 is 5.69 Å². The highest BCUT2D eigenvalue weighted by molar-refractivity contribution is 5.53. The summed E-state index contributed by atoms with van der Waals surface area (Å²) in [6.07, 6.45) is 0.0360. The summed E-state index contributed by atoms with van der Waals surface area (Å²) >= 11 is 0. The molecule has 0 radical (unpaired) electrons. The molecule has 1 N–H and O–H groups in total. The summed E-state index contributed by atoms with van der Waals surface area (Å²) in [6, 6.07) is 12.4.